The van der Waals surface area contributed by atoms with Gasteiger partial charge in [-0.3, -0.25) is 19.3 Å². The van der Waals surface area contributed by atoms with Gasteiger partial charge in [0.15, 0.2) is 0 Å². The molecule has 0 spiro atoms. The number of hydrogen-bond acceptors (Lipinski definition) is 4. The van der Waals surface area contributed by atoms with Gasteiger partial charge in [-0.25, -0.2) is 0 Å². The first-order valence-corrected chi connectivity index (χ1v) is 10.2. The van der Waals surface area contributed by atoms with Crippen molar-refractivity contribution in [1.29, 1.82) is 0 Å². The van der Waals surface area contributed by atoms with Gasteiger partial charge in [-0.05, 0) is 0 Å². The number of rotatable bonds is 8. The smallest absolute Gasteiger partial charge is 0.247 e. The third kappa shape index (κ3) is 5.21. The molecule has 0 bridgehead atoms. The zero-order valence-electron chi connectivity index (χ0n) is 11.7. The monoisotopic (exact) mass is 310 g/mol. The highest BCUT2D eigenvalue weighted by atomic mass is 32.2. The fraction of sp³-hybridized carbons (Fsp3) is 0.615. The van der Waals surface area contributed by atoms with Crippen molar-refractivity contribution in [3.05, 3.63) is 0 Å². The lowest BCUT2D eigenvalue weighted by Gasteiger charge is -2.14. The molecule has 1 saturated heterocycles. The predicted molar refractivity (Wildman–Crippen MR) is 81.7 cm³/mol. The van der Waals surface area contributed by atoms with Crippen LogP contribution >= 0.6 is 11.8 Å². The van der Waals surface area contributed by atoms with Crippen LogP contribution in [0.4, 0.5) is 0 Å². The first kappa shape index (κ1) is 17.1. The van der Waals surface area contributed by atoms with Crippen LogP contribution in [0, 0.1) is 12.3 Å². The number of amides is 3. The number of nitrogens with one attached hydrogen (secondary N) is 1. The summed E-state index contributed by atoms with van der Waals surface area (Å²) in [5.74, 6) is 4.11. The van der Waals surface area contributed by atoms with Crippen molar-refractivity contribution in [2.75, 3.05) is 17.7 Å². The number of carbonyl (C=O) groups is 3. The fourth-order valence-electron chi connectivity index (χ4n) is 1.85. The minimum absolute atomic E-state index is 0.112. The van der Waals surface area contributed by atoms with E-state index in [1.165, 1.54) is 4.90 Å². The number of likely N-dealkylation sites (tertiary alicyclic amines) is 1. The van der Waals surface area contributed by atoms with Crippen LogP contribution < -0.4 is 5.32 Å². The first-order chi connectivity index (χ1) is 9.60. The molecule has 1 aliphatic heterocycles. The standard InChI is InChI=1S/C12H15N2O3S.CH3.Al.H/c1-3-4-6-13-10(15)5-7-14-11(16)8-9(18-2)12(14)17;;;/h1,9H,2,4-8H2,(H,13,15);1H3;;. The summed E-state index contributed by atoms with van der Waals surface area (Å²) in [5, 5.41) is 2.42. The molecule has 1 aliphatic rings. The number of hydrogen-bond donors (Lipinski definition) is 1. The molecule has 7 heteroatoms. The van der Waals surface area contributed by atoms with Crippen molar-refractivity contribution in [1.82, 2.24) is 10.2 Å². The number of imide groups is 1. The van der Waals surface area contributed by atoms with Crippen LogP contribution in [0.5, 0.6) is 0 Å². The first-order valence-electron chi connectivity index (χ1n) is 6.76. The van der Waals surface area contributed by atoms with E-state index in [4.69, 9.17) is 6.42 Å². The van der Waals surface area contributed by atoms with Crippen LogP contribution in [0.25, 0.3) is 0 Å². The Bertz CT molecular complexity index is 422. The molecule has 1 N–H and O–H groups in total. The van der Waals surface area contributed by atoms with E-state index in [2.05, 4.69) is 17.0 Å². The molecule has 0 aromatic rings. The maximum atomic E-state index is 12.0. The number of terminal acetylenes is 1. The second-order valence-electron chi connectivity index (χ2n) is 4.50. The Balaban J connectivity index is 2.36. The van der Waals surface area contributed by atoms with Crippen molar-refractivity contribution in [3.63, 3.8) is 0 Å². The van der Waals surface area contributed by atoms with Gasteiger partial charge >= 0.3 is 0 Å². The summed E-state index contributed by atoms with van der Waals surface area (Å²) in [4.78, 5) is 36.5. The molecular formula is C13H19AlN2O3S. The van der Waals surface area contributed by atoms with Gasteiger partial charge in [0, 0.05) is 32.4 Å². The third-order valence-electron chi connectivity index (χ3n) is 2.88. The normalized spacial score (nSPS) is 18.0. The number of nitrogens with zero attached hydrogens (tertiary/aromatic N) is 1. The summed E-state index contributed by atoms with van der Waals surface area (Å²) in [6, 6.07) is 0. The highest BCUT2D eigenvalue weighted by Crippen LogP contribution is 2.24. The molecule has 0 saturated carbocycles. The van der Waals surface area contributed by atoms with Crippen LogP contribution in [-0.2, 0) is 14.4 Å². The molecule has 1 unspecified atom stereocenters. The van der Waals surface area contributed by atoms with Crippen molar-refractivity contribution < 1.29 is 14.4 Å². The Hall–Kier alpha value is -0.948. The van der Waals surface area contributed by atoms with Gasteiger partial charge in [0.05, 0.1) is 5.25 Å². The van der Waals surface area contributed by atoms with E-state index in [-0.39, 0.29) is 57.6 Å². The topological polar surface area (TPSA) is 66.5 Å². The van der Waals surface area contributed by atoms with E-state index in [0.717, 1.165) is 4.61 Å². The lowest BCUT2D eigenvalue weighted by Crippen LogP contribution is -2.35. The zero-order chi connectivity index (χ0) is 15.0. The Kier molecular flexibility index (Phi) is 7.76. The second kappa shape index (κ2) is 9.07. The van der Waals surface area contributed by atoms with Gasteiger partial charge in [0.25, 0.3) is 0 Å². The quantitative estimate of drug-likeness (QED) is 0.292. The molecule has 1 fully saturated rings. The van der Waals surface area contributed by atoms with Gasteiger partial charge in [-0.2, -0.15) is 11.8 Å². The van der Waals surface area contributed by atoms with Crippen LogP contribution in [0.1, 0.15) is 19.3 Å². The van der Waals surface area contributed by atoms with Crippen LogP contribution in [0.3, 0.4) is 0 Å². The minimum Gasteiger partial charge on any atom is -0.355 e. The summed E-state index contributed by atoms with van der Waals surface area (Å²) in [7, 11) is 0. The average molecular weight is 310 g/mol. The second-order valence-corrected chi connectivity index (χ2v) is 8.04. The molecule has 0 aromatic carbocycles. The Morgan fingerprint density at radius 1 is 1.60 bits per heavy atom. The average Bonchev–Trinajstić information content (AvgIpc) is 2.69. The molecule has 5 nitrogen and oxygen atoms in total. The van der Waals surface area contributed by atoms with Crippen molar-refractivity contribution in [3.8, 4) is 12.3 Å². The van der Waals surface area contributed by atoms with Gasteiger partial charge in [-0.15, -0.1) is 18.1 Å². The molecule has 0 aliphatic carbocycles. The summed E-state index contributed by atoms with van der Waals surface area (Å²) in [6.45, 7) is 0.594. The molecule has 108 valence electrons. The summed E-state index contributed by atoms with van der Waals surface area (Å²) >= 11 is 1.47. The molecule has 1 heterocycles. The number of carbonyl (C=O) groups excluding carboxylic acids is 3. The van der Waals surface area contributed by atoms with E-state index >= 15 is 0 Å². The maximum absolute atomic E-state index is 12.0. The van der Waals surface area contributed by atoms with Crippen molar-refractivity contribution in [2.45, 2.75) is 30.3 Å². The fourth-order valence-corrected chi connectivity index (χ4v) is 4.46. The summed E-state index contributed by atoms with van der Waals surface area (Å²) in [6.07, 6.45) is 5.98. The van der Waals surface area contributed by atoms with E-state index in [1.54, 1.807) is 11.8 Å². The largest absolute Gasteiger partial charge is 0.355 e. The maximum Gasteiger partial charge on any atom is 0.247 e. The summed E-state index contributed by atoms with van der Waals surface area (Å²) < 4.78 is 1.00. The molecule has 3 amide bonds. The lowest BCUT2D eigenvalue weighted by atomic mass is 10.3. The van der Waals surface area contributed by atoms with Crippen molar-refractivity contribution >= 4 is 44.7 Å². The molecule has 1 atom stereocenters. The molecular weight excluding hydrogens is 291 g/mol. The van der Waals surface area contributed by atoms with E-state index < -0.39 is 0 Å². The van der Waals surface area contributed by atoms with Crippen LogP contribution in [-0.4, -0.2) is 60.8 Å². The zero-order valence-corrected chi connectivity index (χ0v) is 13.9. The van der Waals surface area contributed by atoms with Crippen LogP contribution in [0.2, 0.25) is 5.79 Å². The highest BCUT2D eigenvalue weighted by molar-refractivity contribution is 8.01. The lowest BCUT2D eigenvalue weighted by molar-refractivity contribution is -0.138. The van der Waals surface area contributed by atoms with E-state index in [1.807, 2.05) is 0 Å². The van der Waals surface area contributed by atoms with E-state index in [9.17, 15) is 14.4 Å². The highest BCUT2D eigenvalue weighted by Gasteiger charge is 2.38. The Morgan fingerprint density at radius 2 is 2.35 bits per heavy atom. The predicted octanol–water partition coefficient (Wildman–Crippen LogP) is -0.181. The Morgan fingerprint density at radius 3 is 3.00 bits per heavy atom. The van der Waals surface area contributed by atoms with Crippen LogP contribution in [0.15, 0.2) is 0 Å². The van der Waals surface area contributed by atoms with Gasteiger partial charge in [0.2, 0.25) is 32.9 Å². The number of thioether (sulfide) groups is 1. The minimum atomic E-state index is -0.237. The third-order valence-corrected chi connectivity index (χ3v) is 6.23. The van der Waals surface area contributed by atoms with E-state index in [0.29, 0.717) is 13.0 Å². The molecule has 0 aromatic heterocycles. The molecule has 20 heavy (non-hydrogen) atoms. The SMILES string of the molecule is C#CCCNC(=O)CCN1C(=O)CC(S[CH2][AlH][CH3])C1=O. The molecule has 1 rings (SSSR count). The van der Waals surface area contributed by atoms with Crippen molar-refractivity contribution in [2.24, 2.45) is 0 Å². The molecule has 0 radical (unpaired) electrons. The summed E-state index contributed by atoms with van der Waals surface area (Å²) in [5.41, 5.74) is 0. The van der Waals surface area contributed by atoms with Gasteiger partial charge in [-0.1, -0.05) is 4.61 Å². The van der Waals surface area contributed by atoms with Gasteiger partial charge in [0.1, 0.15) is 0 Å². The Labute approximate surface area is 129 Å². The van der Waals surface area contributed by atoms with Gasteiger partial charge < -0.3 is 5.32 Å².